The van der Waals surface area contributed by atoms with E-state index in [1.807, 2.05) is 0 Å². The van der Waals surface area contributed by atoms with Gasteiger partial charge in [-0.3, -0.25) is 9.18 Å². The van der Waals surface area contributed by atoms with Gasteiger partial charge in [-0.2, -0.15) is 8.42 Å². The molecule has 1 heterocycles. The molecule has 0 bridgehead atoms. The van der Waals surface area contributed by atoms with Crippen molar-refractivity contribution in [2.45, 2.75) is 0 Å². The summed E-state index contributed by atoms with van der Waals surface area (Å²) < 4.78 is 27.0. The Balaban J connectivity index is 0. The molecule has 0 unspecified atom stereocenters. The summed E-state index contributed by atoms with van der Waals surface area (Å²) in [6.07, 6.45) is 0. The van der Waals surface area contributed by atoms with Gasteiger partial charge in [-0.15, -0.1) is 24.8 Å². The second-order valence-corrected chi connectivity index (χ2v) is 4.93. The molecule has 86 valence electrons. The van der Waals surface area contributed by atoms with Gasteiger partial charge >= 0.3 is 10.1 Å². The molecule has 5 nitrogen and oxygen atoms in total. The zero-order valence-electron chi connectivity index (χ0n) is 7.21. The van der Waals surface area contributed by atoms with E-state index in [0.29, 0.717) is 12.3 Å². The van der Waals surface area contributed by atoms with Gasteiger partial charge in [0, 0.05) is 12.3 Å². The van der Waals surface area contributed by atoms with Crippen molar-refractivity contribution in [1.82, 2.24) is 0 Å². The molecule has 1 aliphatic rings. The van der Waals surface area contributed by atoms with Crippen molar-refractivity contribution in [3.05, 3.63) is 0 Å². The summed E-state index contributed by atoms with van der Waals surface area (Å²) in [6, 6.07) is 0. The van der Waals surface area contributed by atoms with Crippen molar-refractivity contribution in [2.75, 3.05) is 25.4 Å². The molecule has 9 heteroatoms. The molecular formula is C5H12Cl2N2O3S2. The van der Waals surface area contributed by atoms with Crippen LogP contribution in [0.2, 0.25) is 0 Å². The number of nitrogens with zero attached hydrogens (tertiary/aromatic N) is 1. The van der Waals surface area contributed by atoms with E-state index in [1.165, 1.54) is 11.8 Å². The van der Waals surface area contributed by atoms with Crippen molar-refractivity contribution in [2.24, 2.45) is 10.7 Å². The quantitative estimate of drug-likeness (QED) is 0.750. The largest absolute Gasteiger partial charge is 0.328 e. The van der Waals surface area contributed by atoms with Gasteiger partial charge in [0.05, 0.1) is 13.2 Å². The van der Waals surface area contributed by atoms with Crippen LogP contribution in [0.3, 0.4) is 0 Å². The molecule has 14 heavy (non-hydrogen) atoms. The second-order valence-electron chi connectivity index (χ2n) is 2.06. The number of hydrogen-bond acceptors (Lipinski definition) is 6. The fourth-order valence-corrected chi connectivity index (χ4v) is 2.85. The molecule has 0 aliphatic carbocycles. The Hall–Kier alpha value is 0.470. The van der Waals surface area contributed by atoms with Crippen molar-refractivity contribution in [1.29, 1.82) is 0 Å². The molecule has 0 fully saturated rings. The fraction of sp³-hybridized carbons (Fsp3) is 0.800. The van der Waals surface area contributed by atoms with Gasteiger partial charge < -0.3 is 5.73 Å². The lowest BCUT2D eigenvalue weighted by atomic mass is 10.8. The number of aliphatic imine (C=N–C) groups is 1. The lowest BCUT2D eigenvalue weighted by molar-refractivity contribution is 0.336. The number of hydrogen-bond donors (Lipinski definition) is 1. The standard InChI is InChI=1S/C5H10N2O3S2.2ClH/c6-1-3-10-12(8,9)5-7-2-4-11-5;;/h1-4,6H2;2*1H. The Morgan fingerprint density at radius 3 is 2.57 bits per heavy atom. The maximum absolute atomic E-state index is 11.2. The van der Waals surface area contributed by atoms with E-state index in [2.05, 4.69) is 9.18 Å². The van der Waals surface area contributed by atoms with Crippen molar-refractivity contribution in [3.8, 4) is 0 Å². The Morgan fingerprint density at radius 2 is 2.14 bits per heavy atom. The second kappa shape index (κ2) is 7.72. The van der Waals surface area contributed by atoms with Gasteiger partial charge in [-0.1, -0.05) is 11.8 Å². The molecule has 0 amide bonds. The van der Waals surface area contributed by atoms with Gasteiger partial charge in [0.15, 0.2) is 0 Å². The van der Waals surface area contributed by atoms with Crippen LogP contribution >= 0.6 is 36.6 Å². The third-order valence-electron chi connectivity index (χ3n) is 1.13. The molecule has 0 aromatic heterocycles. The first-order valence-electron chi connectivity index (χ1n) is 3.43. The van der Waals surface area contributed by atoms with E-state index < -0.39 is 10.1 Å². The van der Waals surface area contributed by atoms with Crippen LogP contribution in [0.15, 0.2) is 4.99 Å². The minimum atomic E-state index is -3.59. The SMILES string of the molecule is Cl.Cl.NCCOS(=O)(=O)C1=NCCS1. The van der Waals surface area contributed by atoms with Crippen LogP contribution in [0.1, 0.15) is 0 Å². The van der Waals surface area contributed by atoms with Crippen molar-refractivity contribution in [3.63, 3.8) is 0 Å². The molecule has 1 rings (SSSR count). The van der Waals surface area contributed by atoms with Crippen molar-refractivity contribution >= 4 is 51.1 Å². The first-order valence-corrected chi connectivity index (χ1v) is 5.83. The highest BCUT2D eigenvalue weighted by Crippen LogP contribution is 2.17. The molecule has 0 atom stereocenters. The van der Waals surface area contributed by atoms with Crippen molar-refractivity contribution < 1.29 is 12.6 Å². The monoisotopic (exact) mass is 282 g/mol. The van der Waals surface area contributed by atoms with E-state index in [9.17, 15) is 8.42 Å². The highest BCUT2D eigenvalue weighted by atomic mass is 35.5. The van der Waals surface area contributed by atoms with Crippen LogP contribution in [-0.2, 0) is 14.3 Å². The first kappa shape index (κ1) is 16.9. The maximum Gasteiger partial charge on any atom is 0.320 e. The van der Waals surface area contributed by atoms with Crippen LogP contribution < -0.4 is 5.73 Å². The number of thioether (sulfide) groups is 1. The van der Waals surface area contributed by atoms with E-state index in [0.717, 1.165) is 0 Å². The van der Waals surface area contributed by atoms with Crippen LogP contribution in [-0.4, -0.2) is 38.2 Å². The number of halogens is 2. The van der Waals surface area contributed by atoms with Crippen LogP contribution in [0, 0.1) is 0 Å². The third kappa shape index (κ3) is 4.81. The van der Waals surface area contributed by atoms with E-state index in [-0.39, 0.29) is 42.3 Å². The van der Waals surface area contributed by atoms with E-state index in [4.69, 9.17) is 5.73 Å². The van der Waals surface area contributed by atoms with Gasteiger partial charge in [0.25, 0.3) is 0 Å². The summed E-state index contributed by atoms with van der Waals surface area (Å²) in [5.41, 5.74) is 5.10. The van der Waals surface area contributed by atoms with Gasteiger partial charge in [0.2, 0.25) is 4.38 Å². The minimum absolute atomic E-state index is 0. The Morgan fingerprint density at radius 1 is 1.50 bits per heavy atom. The molecule has 0 saturated heterocycles. The summed E-state index contributed by atoms with van der Waals surface area (Å²) >= 11 is 1.20. The summed E-state index contributed by atoms with van der Waals surface area (Å²) in [4.78, 5) is 3.79. The Kier molecular flexibility index (Phi) is 9.31. The molecular weight excluding hydrogens is 271 g/mol. The lowest BCUT2D eigenvalue weighted by Crippen LogP contribution is -2.18. The van der Waals surface area contributed by atoms with Gasteiger partial charge in [-0.05, 0) is 0 Å². The molecule has 0 radical (unpaired) electrons. The molecule has 0 aromatic carbocycles. The smallest absolute Gasteiger partial charge is 0.320 e. The zero-order chi connectivity index (χ0) is 9.03. The van der Waals surface area contributed by atoms with Crippen LogP contribution in [0.4, 0.5) is 0 Å². The van der Waals surface area contributed by atoms with Gasteiger partial charge in [0.1, 0.15) is 0 Å². The summed E-state index contributed by atoms with van der Waals surface area (Å²) in [7, 11) is -3.59. The third-order valence-corrected chi connectivity index (χ3v) is 3.89. The maximum atomic E-state index is 11.2. The average Bonchev–Trinajstić information content (AvgIpc) is 2.53. The predicted molar refractivity (Wildman–Crippen MR) is 63.2 cm³/mol. The van der Waals surface area contributed by atoms with Crippen LogP contribution in [0.25, 0.3) is 0 Å². The minimum Gasteiger partial charge on any atom is -0.328 e. The molecule has 1 aliphatic heterocycles. The fourth-order valence-electron chi connectivity index (χ4n) is 0.675. The Bertz CT molecular complexity index is 281. The summed E-state index contributed by atoms with van der Waals surface area (Å²) in [6.45, 7) is 0.754. The Labute approximate surface area is 99.8 Å². The molecule has 0 spiro atoms. The summed E-state index contributed by atoms with van der Waals surface area (Å²) in [5.74, 6) is 0.709. The average molecular weight is 283 g/mol. The van der Waals surface area contributed by atoms with E-state index >= 15 is 0 Å². The lowest BCUT2D eigenvalue weighted by Gasteiger charge is -2.01. The van der Waals surface area contributed by atoms with Crippen LogP contribution in [0.5, 0.6) is 0 Å². The molecule has 2 N–H and O–H groups in total. The number of rotatable bonds is 3. The molecule has 0 saturated carbocycles. The molecule has 0 aromatic rings. The summed E-state index contributed by atoms with van der Waals surface area (Å²) in [5, 5.41) is 0. The van der Waals surface area contributed by atoms with Gasteiger partial charge in [-0.25, -0.2) is 0 Å². The highest BCUT2D eigenvalue weighted by molar-refractivity contribution is 8.34. The first-order chi connectivity index (χ1) is 5.67. The number of nitrogens with two attached hydrogens (primary N) is 1. The zero-order valence-corrected chi connectivity index (χ0v) is 10.5. The topological polar surface area (TPSA) is 81.8 Å². The predicted octanol–water partition coefficient (Wildman–Crippen LogP) is 0.238. The highest BCUT2D eigenvalue weighted by Gasteiger charge is 2.23. The van der Waals surface area contributed by atoms with E-state index in [1.54, 1.807) is 0 Å². The normalized spacial score (nSPS) is 15.4.